The molecule has 1 fully saturated rings. The summed E-state index contributed by atoms with van der Waals surface area (Å²) in [4.78, 5) is 34.9. The molecule has 3 heterocycles. The monoisotopic (exact) mass is 543 g/mol. The SMILES string of the molecule is CC(C)OC(=O)C1=CN(C(=O)c2cccc(OCCCN3CCCCC3)c2)CC(C)(C)c2c1[nH]c1ccccc21. The van der Waals surface area contributed by atoms with Crippen molar-refractivity contribution in [1.29, 1.82) is 0 Å². The molecule has 0 unspecified atom stereocenters. The van der Waals surface area contributed by atoms with Gasteiger partial charge in [-0.15, -0.1) is 0 Å². The Morgan fingerprint density at radius 1 is 1.02 bits per heavy atom. The normalized spacial score (nSPS) is 17.3. The number of benzene rings is 2. The number of fused-ring (bicyclic) bond motifs is 3. The number of para-hydroxylation sites is 1. The predicted octanol–water partition coefficient (Wildman–Crippen LogP) is 6.15. The molecule has 7 heteroatoms. The highest BCUT2D eigenvalue weighted by Gasteiger charge is 2.37. The number of likely N-dealkylation sites (tertiary alicyclic amines) is 1. The second kappa shape index (κ2) is 11.9. The molecule has 7 nitrogen and oxygen atoms in total. The molecule has 0 spiro atoms. The lowest BCUT2D eigenvalue weighted by molar-refractivity contribution is -0.140. The number of piperidine rings is 1. The van der Waals surface area contributed by atoms with Crippen LogP contribution in [0.4, 0.5) is 0 Å². The highest BCUT2D eigenvalue weighted by molar-refractivity contribution is 6.18. The average molecular weight is 544 g/mol. The zero-order chi connectivity index (χ0) is 28.3. The van der Waals surface area contributed by atoms with Gasteiger partial charge in [0.05, 0.1) is 24.0 Å². The fourth-order valence-corrected chi connectivity index (χ4v) is 5.93. The highest BCUT2D eigenvalue weighted by Crippen LogP contribution is 2.40. The Labute approximate surface area is 237 Å². The van der Waals surface area contributed by atoms with Crippen LogP contribution >= 0.6 is 0 Å². The summed E-state index contributed by atoms with van der Waals surface area (Å²) in [7, 11) is 0. The number of esters is 1. The number of aromatic amines is 1. The van der Waals surface area contributed by atoms with Crippen molar-refractivity contribution in [3.8, 4) is 5.75 Å². The molecule has 0 bridgehead atoms. The van der Waals surface area contributed by atoms with Crippen molar-refractivity contribution in [2.75, 3.05) is 32.8 Å². The van der Waals surface area contributed by atoms with Crippen molar-refractivity contribution in [2.24, 2.45) is 0 Å². The fraction of sp³-hybridized carbons (Fsp3) is 0.455. The summed E-state index contributed by atoms with van der Waals surface area (Å²) in [5, 5.41) is 1.04. The number of amides is 1. The van der Waals surface area contributed by atoms with Crippen LogP contribution in [0.5, 0.6) is 5.75 Å². The Bertz CT molecular complexity index is 1400. The maximum Gasteiger partial charge on any atom is 0.342 e. The molecule has 1 aromatic heterocycles. The van der Waals surface area contributed by atoms with Crippen LogP contribution in [0.15, 0.2) is 54.7 Å². The van der Waals surface area contributed by atoms with Gasteiger partial charge in [0.2, 0.25) is 0 Å². The lowest BCUT2D eigenvalue weighted by Crippen LogP contribution is -2.37. The Morgan fingerprint density at radius 2 is 1.80 bits per heavy atom. The van der Waals surface area contributed by atoms with E-state index in [0.717, 1.165) is 29.4 Å². The van der Waals surface area contributed by atoms with E-state index in [1.165, 1.54) is 32.4 Å². The Kier molecular flexibility index (Phi) is 8.31. The van der Waals surface area contributed by atoms with E-state index in [2.05, 4.69) is 29.8 Å². The van der Waals surface area contributed by atoms with Crippen molar-refractivity contribution < 1.29 is 19.1 Å². The molecule has 5 rings (SSSR count). The van der Waals surface area contributed by atoms with E-state index in [1.54, 1.807) is 23.2 Å². The Morgan fingerprint density at radius 3 is 2.58 bits per heavy atom. The Balaban J connectivity index is 1.39. The number of hydrogen-bond acceptors (Lipinski definition) is 5. The molecule has 2 aromatic carbocycles. The van der Waals surface area contributed by atoms with Crippen LogP contribution in [0.25, 0.3) is 16.5 Å². The third kappa shape index (κ3) is 6.09. The quantitative estimate of drug-likeness (QED) is 0.273. The maximum absolute atomic E-state index is 13.9. The average Bonchev–Trinajstić information content (AvgIpc) is 3.28. The smallest absolute Gasteiger partial charge is 0.342 e. The first kappa shape index (κ1) is 28.0. The van der Waals surface area contributed by atoms with E-state index in [-0.39, 0.29) is 12.0 Å². The van der Waals surface area contributed by atoms with E-state index >= 15 is 0 Å². The lowest BCUT2D eigenvalue weighted by Gasteiger charge is -2.29. The van der Waals surface area contributed by atoms with Gasteiger partial charge < -0.3 is 24.3 Å². The molecule has 1 amide bonds. The minimum atomic E-state index is -0.455. The van der Waals surface area contributed by atoms with E-state index in [0.29, 0.717) is 35.7 Å². The molecule has 3 aromatic rings. The Hall–Kier alpha value is -3.58. The number of ether oxygens (including phenoxy) is 2. The third-order valence-corrected chi connectivity index (χ3v) is 7.74. The summed E-state index contributed by atoms with van der Waals surface area (Å²) >= 11 is 0. The molecule has 0 aliphatic carbocycles. The zero-order valence-corrected chi connectivity index (χ0v) is 24.2. The van der Waals surface area contributed by atoms with Crippen LogP contribution in [0.1, 0.15) is 75.0 Å². The van der Waals surface area contributed by atoms with Gasteiger partial charge >= 0.3 is 5.97 Å². The molecule has 2 aliphatic heterocycles. The molecule has 1 N–H and O–H groups in total. The number of aromatic nitrogens is 1. The number of nitrogens with zero attached hydrogens (tertiary/aromatic N) is 2. The van der Waals surface area contributed by atoms with E-state index < -0.39 is 11.4 Å². The van der Waals surface area contributed by atoms with Crippen LogP contribution < -0.4 is 4.74 Å². The first-order chi connectivity index (χ1) is 19.2. The number of hydrogen-bond donors (Lipinski definition) is 1. The van der Waals surface area contributed by atoms with Gasteiger partial charge in [-0.1, -0.05) is 44.5 Å². The summed E-state index contributed by atoms with van der Waals surface area (Å²) in [6.07, 6.45) is 6.22. The second-order valence-corrected chi connectivity index (χ2v) is 11.9. The molecule has 2 aliphatic rings. The lowest BCUT2D eigenvalue weighted by atomic mass is 9.81. The van der Waals surface area contributed by atoms with Crippen molar-refractivity contribution in [3.63, 3.8) is 0 Å². The first-order valence-corrected chi connectivity index (χ1v) is 14.5. The second-order valence-electron chi connectivity index (χ2n) is 11.9. The molecule has 40 heavy (non-hydrogen) atoms. The van der Waals surface area contributed by atoms with Gasteiger partial charge in [0.1, 0.15) is 5.75 Å². The van der Waals surface area contributed by atoms with Crippen LogP contribution in [0.2, 0.25) is 0 Å². The summed E-state index contributed by atoms with van der Waals surface area (Å²) < 4.78 is 11.7. The van der Waals surface area contributed by atoms with Crippen molar-refractivity contribution in [1.82, 2.24) is 14.8 Å². The molecule has 0 radical (unpaired) electrons. The highest BCUT2D eigenvalue weighted by atomic mass is 16.5. The van der Waals surface area contributed by atoms with Gasteiger partial charge in [-0.05, 0) is 76.0 Å². The predicted molar refractivity (Wildman–Crippen MR) is 158 cm³/mol. The van der Waals surface area contributed by atoms with Crippen LogP contribution in [0.3, 0.4) is 0 Å². The van der Waals surface area contributed by atoms with Crippen molar-refractivity contribution >= 4 is 28.4 Å². The number of H-pyrrole nitrogens is 1. The van der Waals surface area contributed by atoms with Gasteiger partial charge in [-0.25, -0.2) is 4.79 Å². The number of rotatable bonds is 8. The van der Waals surface area contributed by atoms with Crippen LogP contribution in [0, 0.1) is 0 Å². The van der Waals surface area contributed by atoms with Gasteiger partial charge in [0.25, 0.3) is 5.91 Å². The van der Waals surface area contributed by atoms with Crippen LogP contribution in [-0.4, -0.2) is 65.6 Å². The summed E-state index contributed by atoms with van der Waals surface area (Å²) in [5.74, 6) is 0.0402. The topological polar surface area (TPSA) is 74.9 Å². The first-order valence-electron chi connectivity index (χ1n) is 14.5. The summed E-state index contributed by atoms with van der Waals surface area (Å²) in [5.41, 5.74) is 3.10. The molecule has 0 saturated carbocycles. The third-order valence-electron chi connectivity index (χ3n) is 7.74. The maximum atomic E-state index is 13.9. The van der Waals surface area contributed by atoms with Crippen molar-refractivity contribution in [2.45, 2.75) is 64.9 Å². The van der Waals surface area contributed by atoms with E-state index in [1.807, 2.05) is 44.2 Å². The summed E-state index contributed by atoms with van der Waals surface area (Å²) in [6, 6.07) is 15.4. The van der Waals surface area contributed by atoms with Crippen molar-refractivity contribution in [3.05, 3.63) is 71.6 Å². The zero-order valence-electron chi connectivity index (χ0n) is 24.2. The molecule has 1 saturated heterocycles. The van der Waals surface area contributed by atoms with Gasteiger partial charge in [0.15, 0.2) is 0 Å². The molecular formula is C33H41N3O4. The number of nitrogens with one attached hydrogen (secondary N) is 1. The summed E-state index contributed by atoms with van der Waals surface area (Å²) in [6.45, 7) is 12.3. The minimum Gasteiger partial charge on any atom is -0.494 e. The standard InChI is InChI=1S/C33H41N3O4/c1-23(2)40-32(38)27-21-36(22-33(3,4)29-26-14-6-7-15-28(26)34-30(27)29)31(37)24-12-10-13-25(20-24)39-19-11-18-35-16-8-5-9-17-35/h6-7,10,12-15,20-21,23,34H,5,8-9,11,16-19,22H2,1-4H3. The van der Waals surface area contributed by atoms with Gasteiger partial charge in [-0.3, -0.25) is 4.79 Å². The molecular weight excluding hydrogens is 502 g/mol. The number of carbonyl (C=O) groups excluding carboxylic acids is 2. The van der Waals surface area contributed by atoms with Crippen LogP contribution in [-0.2, 0) is 14.9 Å². The molecule has 0 atom stereocenters. The van der Waals surface area contributed by atoms with E-state index in [4.69, 9.17) is 9.47 Å². The van der Waals surface area contributed by atoms with Gasteiger partial charge in [-0.2, -0.15) is 0 Å². The van der Waals surface area contributed by atoms with Gasteiger partial charge in [0, 0.05) is 41.2 Å². The minimum absolute atomic E-state index is 0.184. The largest absolute Gasteiger partial charge is 0.494 e. The fourth-order valence-electron chi connectivity index (χ4n) is 5.93. The number of carbonyl (C=O) groups is 2. The molecule has 212 valence electrons. The van der Waals surface area contributed by atoms with E-state index in [9.17, 15) is 9.59 Å².